The van der Waals surface area contributed by atoms with Gasteiger partial charge in [-0.2, -0.15) is 0 Å². The first-order chi connectivity index (χ1) is 5.54. The minimum Gasteiger partial charge on any atom is -0.390 e. The van der Waals surface area contributed by atoms with Crippen LogP contribution in [0.4, 0.5) is 0 Å². The van der Waals surface area contributed by atoms with Gasteiger partial charge in [-0.1, -0.05) is 13.8 Å². The maximum Gasteiger partial charge on any atom is 0.112 e. The minimum atomic E-state index is -0.956. The normalized spacial score (nSPS) is 39.0. The highest BCUT2D eigenvalue weighted by molar-refractivity contribution is 4.88. The van der Waals surface area contributed by atoms with E-state index < -0.39 is 24.4 Å². The fraction of sp³-hybridized carbons (Fsp3) is 1.00. The second-order valence-electron chi connectivity index (χ2n) is 3.59. The molecule has 3 N–H and O–H groups in total. The molecule has 4 nitrogen and oxygen atoms in total. The summed E-state index contributed by atoms with van der Waals surface area (Å²) in [6.07, 6.45) is -3.16. The zero-order chi connectivity index (χ0) is 9.30. The van der Waals surface area contributed by atoms with Gasteiger partial charge in [-0.05, 0) is 5.92 Å². The molecule has 0 bridgehead atoms. The number of rotatable bonds is 2. The molecule has 0 aromatic rings. The number of hydrogen-bond acceptors (Lipinski definition) is 4. The van der Waals surface area contributed by atoms with Crippen molar-refractivity contribution >= 4 is 0 Å². The van der Waals surface area contributed by atoms with E-state index in [0.29, 0.717) is 0 Å². The van der Waals surface area contributed by atoms with Crippen molar-refractivity contribution in [2.45, 2.75) is 38.3 Å². The zero-order valence-corrected chi connectivity index (χ0v) is 7.34. The quantitative estimate of drug-likeness (QED) is 0.511. The fourth-order valence-electron chi connectivity index (χ4n) is 1.31. The molecule has 0 aliphatic carbocycles. The molecule has 1 rings (SSSR count). The Kier molecular flexibility index (Phi) is 3.06. The van der Waals surface area contributed by atoms with Gasteiger partial charge in [0.05, 0.1) is 12.7 Å². The molecule has 0 spiro atoms. The van der Waals surface area contributed by atoms with Gasteiger partial charge in [0.15, 0.2) is 0 Å². The number of aliphatic hydroxyl groups is 3. The molecule has 72 valence electrons. The largest absolute Gasteiger partial charge is 0.390 e. The van der Waals surface area contributed by atoms with E-state index >= 15 is 0 Å². The highest BCUT2D eigenvalue weighted by atomic mass is 16.5. The fourth-order valence-corrected chi connectivity index (χ4v) is 1.31. The highest BCUT2D eigenvalue weighted by Gasteiger charge is 2.39. The van der Waals surface area contributed by atoms with Gasteiger partial charge >= 0.3 is 0 Å². The summed E-state index contributed by atoms with van der Waals surface area (Å²) in [6, 6.07) is 0. The summed E-state index contributed by atoms with van der Waals surface area (Å²) < 4.78 is 5.05. The third kappa shape index (κ3) is 1.77. The average Bonchev–Trinajstić information content (AvgIpc) is 2.32. The van der Waals surface area contributed by atoms with Crippen LogP contribution in [0.1, 0.15) is 13.8 Å². The maximum atomic E-state index is 9.52. The van der Waals surface area contributed by atoms with Gasteiger partial charge in [0, 0.05) is 0 Å². The molecule has 0 saturated carbocycles. The van der Waals surface area contributed by atoms with Crippen molar-refractivity contribution in [3.8, 4) is 0 Å². The van der Waals surface area contributed by atoms with Crippen molar-refractivity contribution in [2.75, 3.05) is 6.61 Å². The van der Waals surface area contributed by atoms with Crippen LogP contribution in [0.15, 0.2) is 0 Å². The van der Waals surface area contributed by atoms with Crippen molar-refractivity contribution in [1.82, 2.24) is 0 Å². The van der Waals surface area contributed by atoms with E-state index in [4.69, 9.17) is 9.84 Å². The van der Waals surface area contributed by atoms with Crippen LogP contribution in [0.3, 0.4) is 0 Å². The topological polar surface area (TPSA) is 69.9 Å². The molecule has 1 fully saturated rings. The Labute approximate surface area is 71.8 Å². The lowest BCUT2D eigenvalue weighted by Gasteiger charge is -2.23. The number of hydrogen-bond donors (Lipinski definition) is 3. The summed E-state index contributed by atoms with van der Waals surface area (Å²) in [5.41, 5.74) is 0. The van der Waals surface area contributed by atoms with Crippen LogP contribution in [0.25, 0.3) is 0 Å². The van der Waals surface area contributed by atoms with Crippen molar-refractivity contribution in [2.24, 2.45) is 5.92 Å². The summed E-state index contributed by atoms with van der Waals surface area (Å²) in [4.78, 5) is 0. The molecule has 1 heterocycles. The van der Waals surface area contributed by atoms with E-state index in [9.17, 15) is 10.2 Å². The Balaban J connectivity index is 2.53. The number of aliphatic hydroxyl groups excluding tert-OH is 3. The van der Waals surface area contributed by atoms with Crippen LogP contribution in [-0.4, -0.2) is 46.3 Å². The highest BCUT2D eigenvalue weighted by Crippen LogP contribution is 2.21. The standard InChI is InChI=1S/C8H16O4/c1-4(2)6(10)8-7(11)5(9)3-12-8/h4-11H,3H2,1-2H3. The summed E-state index contributed by atoms with van der Waals surface area (Å²) in [5, 5.41) is 28.0. The molecule has 4 heteroatoms. The van der Waals surface area contributed by atoms with Gasteiger partial charge in [0.25, 0.3) is 0 Å². The molecule has 4 unspecified atom stereocenters. The Hall–Kier alpha value is -0.160. The molecule has 1 saturated heterocycles. The molecule has 0 radical (unpaired) electrons. The lowest BCUT2D eigenvalue weighted by molar-refractivity contribution is -0.0673. The van der Waals surface area contributed by atoms with Gasteiger partial charge in [-0.15, -0.1) is 0 Å². The van der Waals surface area contributed by atoms with E-state index in [0.717, 1.165) is 0 Å². The summed E-state index contributed by atoms with van der Waals surface area (Å²) in [7, 11) is 0. The molecule has 0 aromatic carbocycles. The molecule has 0 aromatic heterocycles. The summed E-state index contributed by atoms with van der Waals surface area (Å²) in [5.74, 6) is 0.0231. The van der Waals surface area contributed by atoms with Crippen LogP contribution in [0.2, 0.25) is 0 Å². The Morgan fingerprint density at radius 2 is 1.92 bits per heavy atom. The molecule has 1 aliphatic heterocycles. The van der Waals surface area contributed by atoms with Gasteiger partial charge in [0.1, 0.15) is 18.3 Å². The maximum absolute atomic E-state index is 9.52. The van der Waals surface area contributed by atoms with Gasteiger partial charge in [0.2, 0.25) is 0 Å². The predicted octanol–water partition coefficient (Wildman–Crippen LogP) is -0.876. The van der Waals surface area contributed by atoms with E-state index in [1.165, 1.54) is 0 Å². The van der Waals surface area contributed by atoms with Crippen molar-refractivity contribution < 1.29 is 20.1 Å². The second-order valence-corrected chi connectivity index (χ2v) is 3.59. The SMILES string of the molecule is CC(C)C(O)C1OCC(O)C1O. The van der Waals surface area contributed by atoms with Gasteiger partial charge in [-0.25, -0.2) is 0 Å². The Morgan fingerprint density at radius 3 is 2.25 bits per heavy atom. The molecule has 1 aliphatic rings. The van der Waals surface area contributed by atoms with Crippen LogP contribution in [0, 0.1) is 5.92 Å². The Morgan fingerprint density at radius 1 is 1.33 bits per heavy atom. The van der Waals surface area contributed by atoms with Crippen molar-refractivity contribution in [3.63, 3.8) is 0 Å². The third-order valence-corrected chi connectivity index (χ3v) is 2.21. The predicted molar refractivity (Wildman–Crippen MR) is 42.6 cm³/mol. The van der Waals surface area contributed by atoms with Crippen LogP contribution < -0.4 is 0 Å². The van der Waals surface area contributed by atoms with Crippen LogP contribution in [0.5, 0.6) is 0 Å². The molecular weight excluding hydrogens is 160 g/mol. The smallest absolute Gasteiger partial charge is 0.112 e. The first kappa shape index (κ1) is 9.92. The summed E-state index contributed by atoms with van der Waals surface area (Å²) >= 11 is 0. The van der Waals surface area contributed by atoms with E-state index in [1.54, 1.807) is 0 Å². The molecule has 0 amide bonds. The van der Waals surface area contributed by atoms with Crippen molar-refractivity contribution in [1.29, 1.82) is 0 Å². The minimum absolute atomic E-state index is 0.0231. The number of ether oxygens (including phenoxy) is 1. The monoisotopic (exact) mass is 176 g/mol. The van der Waals surface area contributed by atoms with E-state index in [1.807, 2.05) is 13.8 Å². The van der Waals surface area contributed by atoms with Crippen LogP contribution >= 0.6 is 0 Å². The molecule has 12 heavy (non-hydrogen) atoms. The third-order valence-electron chi connectivity index (χ3n) is 2.21. The van der Waals surface area contributed by atoms with Crippen LogP contribution in [-0.2, 0) is 4.74 Å². The zero-order valence-electron chi connectivity index (χ0n) is 7.34. The average molecular weight is 176 g/mol. The first-order valence-corrected chi connectivity index (χ1v) is 4.20. The summed E-state index contributed by atoms with van der Waals surface area (Å²) in [6.45, 7) is 3.78. The Bertz CT molecular complexity index is 148. The second kappa shape index (κ2) is 3.70. The lowest BCUT2D eigenvalue weighted by atomic mass is 9.97. The first-order valence-electron chi connectivity index (χ1n) is 4.20. The van der Waals surface area contributed by atoms with Gasteiger partial charge < -0.3 is 20.1 Å². The van der Waals surface area contributed by atoms with Crippen molar-refractivity contribution in [3.05, 3.63) is 0 Å². The van der Waals surface area contributed by atoms with Gasteiger partial charge in [-0.3, -0.25) is 0 Å². The van der Waals surface area contributed by atoms with E-state index in [2.05, 4.69) is 0 Å². The molecular formula is C8H16O4. The molecule has 4 atom stereocenters. The lowest BCUT2D eigenvalue weighted by Crippen LogP contribution is -2.41. The van der Waals surface area contributed by atoms with E-state index in [-0.39, 0.29) is 12.5 Å².